The number of hydrogen-bond acceptors (Lipinski definition) is 1. The van der Waals surface area contributed by atoms with Crippen LogP contribution in [0.2, 0.25) is 0 Å². The third-order valence-corrected chi connectivity index (χ3v) is 5.78. The average molecular weight is 442 g/mol. The summed E-state index contributed by atoms with van der Waals surface area (Å²) < 4.78 is 18.4. The van der Waals surface area contributed by atoms with Crippen molar-refractivity contribution < 1.29 is 4.39 Å². The first-order valence-corrected chi connectivity index (χ1v) is 10.7. The number of aryl methyl sites for hydroxylation is 1. The topological polar surface area (TPSA) is 17.0 Å². The first kappa shape index (κ1) is 18.2. The summed E-state index contributed by atoms with van der Waals surface area (Å²) in [6.07, 6.45) is 12.6. The number of nitrogens with one attached hydrogen (secondary N) is 1. The summed E-state index contributed by atoms with van der Waals surface area (Å²) in [5, 5.41) is 5.61. The molecule has 0 aliphatic heterocycles. The Labute approximate surface area is 158 Å². The van der Waals surface area contributed by atoms with Crippen molar-refractivity contribution in [2.24, 2.45) is 0 Å². The molecule has 1 atom stereocenters. The lowest BCUT2D eigenvalue weighted by Gasteiger charge is -2.12. The lowest BCUT2D eigenvalue weighted by Crippen LogP contribution is -2.36. The maximum Gasteiger partial charge on any atom is 0.132 e. The second kappa shape index (κ2) is 8.17. The zero-order chi connectivity index (χ0) is 17.1. The van der Waals surface area contributed by atoms with Gasteiger partial charge in [0.1, 0.15) is 5.83 Å². The molecule has 0 radical (unpaired) electrons. The molecule has 0 bridgehead atoms. The Hall–Kier alpha value is -0.620. The second-order valence-corrected chi connectivity index (χ2v) is 8.21. The van der Waals surface area contributed by atoms with Crippen LogP contribution < -0.4 is 15.9 Å². The number of nitrogens with zero attached hydrogens (tertiary/aromatic N) is 1. The first-order chi connectivity index (χ1) is 11.6. The number of hydrogen-bond donors (Lipinski definition) is 1. The van der Waals surface area contributed by atoms with Gasteiger partial charge in [0.25, 0.3) is 0 Å². The van der Waals surface area contributed by atoms with Crippen LogP contribution in [-0.4, -0.2) is 15.0 Å². The van der Waals surface area contributed by atoms with Crippen LogP contribution in [0, 0.1) is 0 Å². The highest BCUT2D eigenvalue weighted by atomic mass is 127. The monoisotopic (exact) mass is 442 g/mol. The van der Waals surface area contributed by atoms with Crippen molar-refractivity contribution in [3.63, 3.8) is 0 Å². The largest absolute Gasteiger partial charge is 0.347 e. The van der Waals surface area contributed by atoms with Crippen LogP contribution in [0.3, 0.4) is 0 Å². The van der Waals surface area contributed by atoms with Crippen molar-refractivity contribution in [1.82, 2.24) is 9.88 Å². The fourth-order valence-electron chi connectivity index (χ4n) is 3.55. The summed E-state index contributed by atoms with van der Waals surface area (Å²) in [4.78, 5) is 0. The van der Waals surface area contributed by atoms with Gasteiger partial charge in [0.2, 0.25) is 0 Å². The molecule has 0 aromatic carbocycles. The lowest BCUT2D eigenvalue weighted by molar-refractivity contribution is 0.564. The molecule has 1 fully saturated rings. The molecule has 132 valence electrons. The Morgan fingerprint density at radius 2 is 2.17 bits per heavy atom. The van der Waals surface area contributed by atoms with Crippen molar-refractivity contribution in [2.45, 2.75) is 71.0 Å². The van der Waals surface area contributed by atoms with Gasteiger partial charge < -0.3 is 9.88 Å². The van der Waals surface area contributed by atoms with E-state index in [1.807, 2.05) is 6.08 Å². The van der Waals surface area contributed by atoms with Crippen molar-refractivity contribution in [2.75, 3.05) is 4.43 Å². The van der Waals surface area contributed by atoms with Crippen molar-refractivity contribution in [3.8, 4) is 0 Å². The highest BCUT2D eigenvalue weighted by Crippen LogP contribution is 2.23. The van der Waals surface area contributed by atoms with Gasteiger partial charge in [-0.05, 0) is 74.0 Å². The van der Waals surface area contributed by atoms with E-state index in [1.165, 1.54) is 29.3 Å². The minimum absolute atomic E-state index is 0.0730. The molecule has 3 rings (SSSR count). The quantitative estimate of drug-likeness (QED) is 0.382. The fourth-order valence-corrected chi connectivity index (χ4v) is 4.09. The standard InChI is InChI=1S/C20H28FIN2/c1-14-7-3-4-8-18(21)19-17(15(2)23-16-9-10-16)13-24(20(14)19)12-6-5-11-22/h4,8,13,15-16,23H,3,5-7,9-12H2,1-2H3/b8-4-,19-18+,20-14-. The summed E-state index contributed by atoms with van der Waals surface area (Å²) in [7, 11) is 0. The zero-order valence-electron chi connectivity index (χ0n) is 14.7. The van der Waals surface area contributed by atoms with E-state index >= 15 is 0 Å². The zero-order valence-corrected chi connectivity index (χ0v) is 16.9. The molecule has 0 saturated heterocycles. The van der Waals surface area contributed by atoms with Gasteiger partial charge in [-0.3, -0.25) is 0 Å². The molecule has 1 heterocycles. The minimum atomic E-state index is -0.0730. The summed E-state index contributed by atoms with van der Waals surface area (Å²) >= 11 is 2.43. The van der Waals surface area contributed by atoms with E-state index in [0.29, 0.717) is 6.04 Å². The molecule has 1 aromatic heterocycles. The van der Waals surface area contributed by atoms with Gasteiger partial charge in [-0.15, -0.1) is 0 Å². The minimum Gasteiger partial charge on any atom is -0.347 e. The van der Waals surface area contributed by atoms with E-state index in [2.05, 4.69) is 52.5 Å². The van der Waals surface area contributed by atoms with Gasteiger partial charge in [-0.2, -0.15) is 0 Å². The molecule has 4 heteroatoms. The van der Waals surface area contributed by atoms with Crippen molar-refractivity contribution in [3.05, 3.63) is 34.5 Å². The maximum absolute atomic E-state index is 14.9. The highest BCUT2D eigenvalue weighted by Gasteiger charge is 2.25. The molecule has 1 aromatic rings. The number of allylic oxidation sites excluding steroid dienone is 2. The van der Waals surface area contributed by atoms with Gasteiger partial charge in [0, 0.05) is 30.0 Å². The van der Waals surface area contributed by atoms with Crippen LogP contribution in [0.25, 0.3) is 11.4 Å². The predicted octanol–water partition coefficient (Wildman–Crippen LogP) is 4.11. The lowest BCUT2D eigenvalue weighted by atomic mass is 10.0. The van der Waals surface area contributed by atoms with E-state index < -0.39 is 0 Å². The van der Waals surface area contributed by atoms with Crippen molar-refractivity contribution >= 4 is 34.0 Å². The SMILES string of the molecule is C\C1=c2/c(c(C(C)NC3CC3)cn2CCCCI)=C(F)\C=C/CC1. The maximum atomic E-state index is 14.9. The molecular weight excluding hydrogens is 414 g/mol. The third kappa shape index (κ3) is 4.13. The molecule has 24 heavy (non-hydrogen) atoms. The molecule has 2 aliphatic carbocycles. The van der Waals surface area contributed by atoms with E-state index in [1.54, 1.807) is 6.08 Å². The summed E-state index contributed by atoms with van der Waals surface area (Å²) in [6, 6.07) is 0.818. The number of rotatable bonds is 7. The number of halogens is 2. The summed E-state index contributed by atoms with van der Waals surface area (Å²) in [5.41, 5.74) is 2.43. The molecule has 2 aliphatic rings. The molecular formula is C20H28FIN2. The molecule has 0 amide bonds. The number of alkyl halides is 1. The molecule has 2 nitrogen and oxygen atoms in total. The van der Waals surface area contributed by atoms with E-state index in [0.717, 1.165) is 41.9 Å². The molecule has 1 N–H and O–H groups in total. The Morgan fingerprint density at radius 3 is 2.88 bits per heavy atom. The third-order valence-electron chi connectivity index (χ3n) is 5.01. The van der Waals surface area contributed by atoms with Gasteiger partial charge in [0.15, 0.2) is 0 Å². The normalized spacial score (nSPS) is 25.0. The van der Waals surface area contributed by atoms with Crippen LogP contribution in [0.1, 0.15) is 64.0 Å². The van der Waals surface area contributed by atoms with E-state index in [4.69, 9.17) is 0 Å². The van der Waals surface area contributed by atoms with Gasteiger partial charge >= 0.3 is 0 Å². The van der Waals surface area contributed by atoms with E-state index in [9.17, 15) is 4.39 Å². The Kier molecular flexibility index (Phi) is 6.19. The number of aromatic nitrogens is 1. The first-order valence-electron chi connectivity index (χ1n) is 9.19. The Morgan fingerprint density at radius 1 is 1.38 bits per heavy atom. The van der Waals surface area contributed by atoms with Gasteiger partial charge in [-0.25, -0.2) is 4.39 Å². The summed E-state index contributed by atoms with van der Waals surface area (Å²) in [6.45, 7) is 5.33. The predicted molar refractivity (Wildman–Crippen MR) is 108 cm³/mol. The second-order valence-electron chi connectivity index (χ2n) is 7.13. The van der Waals surface area contributed by atoms with Crippen molar-refractivity contribution in [1.29, 1.82) is 0 Å². The van der Waals surface area contributed by atoms with E-state index in [-0.39, 0.29) is 11.9 Å². The molecule has 1 saturated carbocycles. The molecule has 1 unspecified atom stereocenters. The fraction of sp³-hybridized carbons (Fsp3) is 0.600. The molecule has 0 spiro atoms. The Balaban J connectivity index is 2.10. The smallest absolute Gasteiger partial charge is 0.132 e. The van der Waals surface area contributed by atoms with Crippen LogP contribution in [-0.2, 0) is 6.54 Å². The Bertz CT molecular complexity index is 728. The van der Waals surface area contributed by atoms with Crippen LogP contribution in [0.15, 0.2) is 18.3 Å². The van der Waals surface area contributed by atoms with Crippen LogP contribution in [0.4, 0.5) is 4.39 Å². The van der Waals surface area contributed by atoms with Crippen LogP contribution >= 0.6 is 22.6 Å². The number of unbranched alkanes of at least 4 members (excludes halogenated alkanes) is 1. The van der Waals surface area contributed by atoms with Crippen LogP contribution in [0.5, 0.6) is 0 Å². The summed E-state index contributed by atoms with van der Waals surface area (Å²) in [5.74, 6) is -0.0730. The highest BCUT2D eigenvalue weighted by molar-refractivity contribution is 14.1. The number of fused-ring (bicyclic) bond motifs is 1. The van der Waals surface area contributed by atoms with Gasteiger partial charge in [-0.1, -0.05) is 28.7 Å². The van der Waals surface area contributed by atoms with Gasteiger partial charge in [0.05, 0.1) is 5.35 Å². The average Bonchev–Trinajstić information content (AvgIpc) is 3.28.